The van der Waals surface area contributed by atoms with Gasteiger partial charge in [-0.15, -0.1) is 0 Å². The van der Waals surface area contributed by atoms with E-state index >= 15 is 0 Å². The third kappa shape index (κ3) is 9.68. The summed E-state index contributed by atoms with van der Waals surface area (Å²) >= 11 is 0. The highest BCUT2D eigenvalue weighted by atomic mass is 15.1. The summed E-state index contributed by atoms with van der Waals surface area (Å²) in [4.78, 5) is 9.71. The number of amidine groups is 1. The highest BCUT2D eigenvalue weighted by Crippen LogP contribution is 2.44. The molecule has 0 fully saturated rings. The summed E-state index contributed by atoms with van der Waals surface area (Å²) in [5.41, 5.74) is 12.2. The van der Waals surface area contributed by atoms with Crippen LogP contribution in [0.3, 0.4) is 0 Å². The Morgan fingerprint density at radius 1 is 1.07 bits per heavy atom. The van der Waals surface area contributed by atoms with Crippen LogP contribution in [0.25, 0.3) is 0 Å². The van der Waals surface area contributed by atoms with Gasteiger partial charge in [0.1, 0.15) is 0 Å². The summed E-state index contributed by atoms with van der Waals surface area (Å²) in [5.74, 6) is 1.56. The lowest BCUT2D eigenvalue weighted by Crippen LogP contribution is -2.35. The number of aliphatic imine (C=N–C) groups is 2. The van der Waals surface area contributed by atoms with Crippen LogP contribution in [0, 0.1) is 11.3 Å². The molecule has 3 heteroatoms. The van der Waals surface area contributed by atoms with Crippen molar-refractivity contribution in [2.75, 3.05) is 6.54 Å². The summed E-state index contributed by atoms with van der Waals surface area (Å²) < 4.78 is 0. The Bertz CT molecular complexity index is 1230. The number of rotatable bonds is 14. The molecular weight excluding hydrogens is 510 g/mol. The first-order valence-corrected chi connectivity index (χ1v) is 16.4. The molecule has 0 aromatic heterocycles. The van der Waals surface area contributed by atoms with Crippen molar-refractivity contribution in [1.29, 1.82) is 0 Å². The summed E-state index contributed by atoms with van der Waals surface area (Å²) in [5, 5.41) is 3.54. The van der Waals surface area contributed by atoms with Crippen LogP contribution < -0.4 is 5.32 Å². The van der Waals surface area contributed by atoms with Crippen molar-refractivity contribution in [3.63, 3.8) is 0 Å². The second kappa shape index (κ2) is 15.7. The average Bonchev–Trinajstić information content (AvgIpc) is 2.92. The summed E-state index contributed by atoms with van der Waals surface area (Å²) in [6.45, 7) is 32.2. The lowest BCUT2D eigenvalue weighted by molar-refractivity contribution is 0.348. The molecule has 3 nitrogen and oxygen atoms in total. The van der Waals surface area contributed by atoms with E-state index in [0.29, 0.717) is 5.92 Å². The van der Waals surface area contributed by atoms with Gasteiger partial charge in [0, 0.05) is 24.4 Å². The number of nitrogens with zero attached hydrogens (tertiary/aromatic N) is 2. The fraction of sp³-hybridized carbons (Fsp3) is 0.590. The van der Waals surface area contributed by atoms with Crippen molar-refractivity contribution < 1.29 is 0 Å². The van der Waals surface area contributed by atoms with E-state index in [1.165, 1.54) is 44.7 Å². The highest BCUT2D eigenvalue weighted by Gasteiger charge is 2.28. The monoisotopic (exact) mass is 571 g/mol. The highest BCUT2D eigenvalue weighted by molar-refractivity contribution is 5.85. The molecule has 0 atom stereocenters. The van der Waals surface area contributed by atoms with Crippen molar-refractivity contribution in [1.82, 2.24) is 5.32 Å². The second-order valence-corrected chi connectivity index (χ2v) is 13.8. The van der Waals surface area contributed by atoms with E-state index in [0.717, 1.165) is 63.0 Å². The Hall–Kier alpha value is -2.68. The van der Waals surface area contributed by atoms with Gasteiger partial charge in [0.2, 0.25) is 0 Å². The number of hydrogen-bond donors (Lipinski definition) is 1. The van der Waals surface area contributed by atoms with Gasteiger partial charge in [-0.3, -0.25) is 9.98 Å². The van der Waals surface area contributed by atoms with E-state index in [1.54, 1.807) is 0 Å². The quantitative estimate of drug-likeness (QED) is 0.163. The van der Waals surface area contributed by atoms with Crippen molar-refractivity contribution in [3.05, 3.63) is 81.7 Å². The zero-order valence-corrected chi connectivity index (χ0v) is 29.2. The molecule has 1 aliphatic heterocycles. The molecule has 0 aromatic carbocycles. The maximum absolute atomic E-state index is 4.88. The van der Waals surface area contributed by atoms with Gasteiger partial charge in [0.15, 0.2) is 0 Å². The Kier molecular flexibility index (Phi) is 13.3. The van der Waals surface area contributed by atoms with E-state index in [2.05, 4.69) is 119 Å². The Labute approximate surface area is 259 Å². The van der Waals surface area contributed by atoms with Gasteiger partial charge < -0.3 is 5.32 Å². The Morgan fingerprint density at radius 2 is 1.74 bits per heavy atom. The van der Waals surface area contributed by atoms with Crippen LogP contribution >= 0.6 is 0 Å². The van der Waals surface area contributed by atoms with Crippen LogP contribution in [0.1, 0.15) is 128 Å². The van der Waals surface area contributed by atoms with Crippen LogP contribution in [-0.4, -0.2) is 23.6 Å². The molecule has 0 spiro atoms. The van der Waals surface area contributed by atoms with Crippen LogP contribution in [0.15, 0.2) is 91.7 Å². The molecule has 0 aromatic rings. The van der Waals surface area contributed by atoms with Gasteiger partial charge in [-0.1, -0.05) is 85.8 Å². The lowest BCUT2D eigenvalue weighted by atomic mass is 9.73. The standard InChI is InChI=1S/C39H61N3/c1-14-19-32(20-18-21-33(16-3)40-26-27(5)6)35-23-22-34(28(7)36(35)25-38(10,11)17-4)31(15-2)24-37-29(8)39(12,13)42-30(9)41-37/h15,18-20,24,27H,2,14,16-17,21-23,25-26H2,1,3-13H3,(H,41,42)/b20-18-,31-24+,32-19?,40-33?. The summed E-state index contributed by atoms with van der Waals surface area (Å²) in [6.07, 6.45) is 18.8. The number of allylic oxidation sites excluding steroid dienone is 11. The zero-order chi connectivity index (χ0) is 31.7. The minimum absolute atomic E-state index is 0.212. The van der Waals surface area contributed by atoms with Gasteiger partial charge in [0.05, 0.1) is 11.4 Å². The van der Waals surface area contributed by atoms with Crippen molar-refractivity contribution in [2.45, 2.75) is 134 Å². The third-order valence-corrected chi connectivity index (χ3v) is 8.97. The number of hydrogen-bond acceptors (Lipinski definition) is 3. The fourth-order valence-corrected chi connectivity index (χ4v) is 5.70. The molecule has 1 aliphatic carbocycles. The Morgan fingerprint density at radius 3 is 2.31 bits per heavy atom. The maximum Gasteiger partial charge on any atom is 0.0986 e. The Balaban J connectivity index is 2.64. The molecule has 1 N–H and O–H groups in total. The molecule has 0 saturated carbocycles. The molecule has 0 saturated heterocycles. The lowest BCUT2D eigenvalue weighted by Gasteiger charge is -2.33. The topological polar surface area (TPSA) is 36.8 Å². The van der Waals surface area contributed by atoms with Gasteiger partial charge in [-0.25, -0.2) is 0 Å². The second-order valence-electron chi connectivity index (χ2n) is 13.8. The van der Waals surface area contributed by atoms with Gasteiger partial charge in [-0.05, 0) is 123 Å². The third-order valence-electron chi connectivity index (χ3n) is 8.97. The SMILES string of the molecule is C=C/C(=C\C1=C(C)C(C)(C)N=C(C)N1)C1=C(C)C(CC(C)(C)CC)=C(C(=CCC)/C=C\CC(CC)=NCC(C)C)CC1. The molecule has 2 aliphatic rings. The predicted octanol–water partition coefficient (Wildman–Crippen LogP) is 11.2. The zero-order valence-electron chi connectivity index (χ0n) is 29.2. The van der Waals surface area contributed by atoms with Crippen LogP contribution in [-0.2, 0) is 0 Å². The molecule has 42 heavy (non-hydrogen) atoms. The van der Waals surface area contributed by atoms with Crippen LogP contribution in [0.5, 0.6) is 0 Å². The molecule has 0 amide bonds. The van der Waals surface area contributed by atoms with E-state index in [4.69, 9.17) is 9.98 Å². The summed E-state index contributed by atoms with van der Waals surface area (Å²) in [6, 6.07) is 0. The van der Waals surface area contributed by atoms with Gasteiger partial charge in [0.25, 0.3) is 0 Å². The van der Waals surface area contributed by atoms with E-state index in [1.807, 2.05) is 6.08 Å². The molecule has 0 bridgehead atoms. The summed E-state index contributed by atoms with van der Waals surface area (Å²) in [7, 11) is 0. The molecule has 0 radical (unpaired) electrons. The normalized spacial score (nSPS) is 19.3. The first-order chi connectivity index (χ1) is 19.7. The fourth-order valence-electron chi connectivity index (χ4n) is 5.70. The maximum atomic E-state index is 4.88. The van der Waals surface area contributed by atoms with Crippen LogP contribution in [0.4, 0.5) is 0 Å². The van der Waals surface area contributed by atoms with Crippen molar-refractivity contribution in [3.8, 4) is 0 Å². The molecule has 2 rings (SSSR count). The van der Waals surface area contributed by atoms with E-state index in [-0.39, 0.29) is 11.0 Å². The average molecular weight is 572 g/mol. The minimum Gasteiger partial charge on any atom is -0.344 e. The smallest absolute Gasteiger partial charge is 0.0986 e. The predicted molar refractivity (Wildman–Crippen MR) is 189 cm³/mol. The number of nitrogens with one attached hydrogen (secondary N) is 1. The van der Waals surface area contributed by atoms with Crippen molar-refractivity contribution in [2.24, 2.45) is 21.3 Å². The molecule has 1 heterocycles. The first kappa shape index (κ1) is 35.5. The van der Waals surface area contributed by atoms with Crippen molar-refractivity contribution >= 4 is 11.5 Å². The molecular formula is C39H61N3. The molecule has 0 unspecified atom stereocenters. The van der Waals surface area contributed by atoms with Gasteiger partial charge >= 0.3 is 0 Å². The van der Waals surface area contributed by atoms with E-state index < -0.39 is 0 Å². The first-order valence-electron chi connectivity index (χ1n) is 16.4. The van der Waals surface area contributed by atoms with Crippen LogP contribution in [0.2, 0.25) is 0 Å². The van der Waals surface area contributed by atoms with Gasteiger partial charge in [-0.2, -0.15) is 0 Å². The molecule has 232 valence electrons. The minimum atomic E-state index is -0.212. The van der Waals surface area contributed by atoms with E-state index in [9.17, 15) is 0 Å². The largest absolute Gasteiger partial charge is 0.344 e.